The SMILES string of the molecule is Nc1cc(Cl)c(Cl)c(C(=O)NCCCCCO)c1. The molecule has 0 aliphatic heterocycles. The van der Waals surface area contributed by atoms with Gasteiger partial charge in [-0.05, 0) is 31.4 Å². The Kier molecular flexibility index (Phi) is 6.25. The summed E-state index contributed by atoms with van der Waals surface area (Å²) in [6.45, 7) is 0.701. The number of aliphatic hydroxyl groups is 1. The van der Waals surface area contributed by atoms with Gasteiger partial charge in [0, 0.05) is 18.8 Å². The van der Waals surface area contributed by atoms with Gasteiger partial charge in [0.05, 0.1) is 15.6 Å². The molecule has 0 aromatic heterocycles. The van der Waals surface area contributed by atoms with Crippen molar-refractivity contribution < 1.29 is 9.90 Å². The maximum absolute atomic E-state index is 11.8. The molecule has 0 aliphatic rings. The Hall–Kier alpha value is -0.970. The van der Waals surface area contributed by atoms with Gasteiger partial charge in [-0.1, -0.05) is 23.2 Å². The van der Waals surface area contributed by atoms with E-state index in [0.717, 1.165) is 19.3 Å². The highest BCUT2D eigenvalue weighted by atomic mass is 35.5. The molecule has 1 aromatic carbocycles. The van der Waals surface area contributed by atoms with Crippen molar-refractivity contribution in [2.24, 2.45) is 0 Å². The molecule has 4 N–H and O–H groups in total. The molecule has 18 heavy (non-hydrogen) atoms. The van der Waals surface area contributed by atoms with Gasteiger partial charge < -0.3 is 16.2 Å². The molecular weight excluding hydrogens is 275 g/mol. The van der Waals surface area contributed by atoms with E-state index in [1.165, 1.54) is 12.1 Å². The first-order valence-corrected chi connectivity index (χ1v) is 6.45. The second-order valence-electron chi connectivity index (χ2n) is 3.90. The van der Waals surface area contributed by atoms with Crippen LogP contribution in [0.25, 0.3) is 0 Å². The Labute approximate surface area is 116 Å². The fourth-order valence-corrected chi connectivity index (χ4v) is 1.91. The summed E-state index contributed by atoms with van der Waals surface area (Å²) in [6.07, 6.45) is 2.41. The lowest BCUT2D eigenvalue weighted by Gasteiger charge is -2.08. The fourth-order valence-electron chi connectivity index (χ4n) is 1.49. The maximum Gasteiger partial charge on any atom is 0.252 e. The van der Waals surface area contributed by atoms with E-state index in [-0.39, 0.29) is 28.1 Å². The molecule has 0 bridgehead atoms. The van der Waals surface area contributed by atoms with Crippen LogP contribution in [0.4, 0.5) is 5.69 Å². The number of nitrogens with two attached hydrogens (primary N) is 1. The van der Waals surface area contributed by atoms with Crippen LogP contribution in [0.2, 0.25) is 10.0 Å². The molecule has 1 amide bonds. The van der Waals surface area contributed by atoms with Gasteiger partial charge in [0.15, 0.2) is 0 Å². The van der Waals surface area contributed by atoms with Gasteiger partial charge >= 0.3 is 0 Å². The van der Waals surface area contributed by atoms with Crippen LogP contribution in [0.5, 0.6) is 0 Å². The molecule has 0 aliphatic carbocycles. The number of benzene rings is 1. The first kappa shape index (κ1) is 15.1. The first-order valence-electron chi connectivity index (χ1n) is 5.70. The smallest absolute Gasteiger partial charge is 0.252 e. The molecule has 4 nitrogen and oxygen atoms in total. The molecule has 0 unspecified atom stereocenters. The molecule has 6 heteroatoms. The van der Waals surface area contributed by atoms with Crippen LogP contribution in [0, 0.1) is 0 Å². The van der Waals surface area contributed by atoms with E-state index in [4.69, 9.17) is 34.0 Å². The summed E-state index contributed by atoms with van der Waals surface area (Å²) in [5, 5.41) is 11.8. The molecule has 0 fully saturated rings. The second-order valence-corrected chi connectivity index (χ2v) is 4.69. The number of carbonyl (C=O) groups excluding carboxylic acids is 1. The summed E-state index contributed by atoms with van der Waals surface area (Å²) in [5.74, 6) is -0.293. The molecular formula is C12H16Cl2N2O2. The predicted molar refractivity (Wildman–Crippen MR) is 74.1 cm³/mol. The van der Waals surface area contributed by atoms with Crippen LogP contribution in [0.3, 0.4) is 0 Å². The third kappa shape index (κ3) is 4.37. The van der Waals surface area contributed by atoms with Crippen LogP contribution in [0.15, 0.2) is 12.1 Å². The van der Waals surface area contributed by atoms with Crippen LogP contribution in [0.1, 0.15) is 29.6 Å². The van der Waals surface area contributed by atoms with Gasteiger partial charge in [-0.15, -0.1) is 0 Å². The molecule has 0 radical (unpaired) electrons. The van der Waals surface area contributed by atoms with Crippen molar-refractivity contribution in [2.45, 2.75) is 19.3 Å². The lowest BCUT2D eigenvalue weighted by atomic mass is 10.2. The number of aliphatic hydroxyl groups excluding tert-OH is 1. The number of rotatable bonds is 6. The zero-order valence-corrected chi connectivity index (χ0v) is 11.4. The average molecular weight is 291 g/mol. The molecule has 0 saturated carbocycles. The normalized spacial score (nSPS) is 10.4. The zero-order chi connectivity index (χ0) is 13.5. The minimum atomic E-state index is -0.293. The maximum atomic E-state index is 11.8. The molecule has 100 valence electrons. The number of anilines is 1. The summed E-state index contributed by atoms with van der Waals surface area (Å²) >= 11 is 11.8. The number of hydrogen-bond acceptors (Lipinski definition) is 3. The zero-order valence-electron chi connectivity index (χ0n) is 9.88. The fraction of sp³-hybridized carbons (Fsp3) is 0.417. The summed E-state index contributed by atoms with van der Waals surface area (Å²) in [4.78, 5) is 11.8. The quantitative estimate of drug-likeness (QED) is 0.556. The van der Waals surface area contributed by atoms with Crippen molar-refractivity contribution >= 4 is 34.8 Å². The summed E-state index contributed by atoms with van der Waals surface area (Å²) in [7, 11) is 0. The standard InChI is InChI=1S/C12H16Cl2N2O2/c13-10-7-8(15)6-9(11(10)14)12(18)16-4-2-1-3-5-17/h6-7,17H,1-5,15H2,(H,16,18). The predicted octanol–water partition coefficient (Wildman–Crippen LogP) is 2.47. The number of hydrogen-bond donors (Lipinski definition) is 3. The Balaban J connectivity index is 2.56. The largest absolute Gasteiger partial charge is 0.399 e. The Bertz CT molecular complexity index is 425. The minimum Gasteiger partial charge on any atom is -0.399 e. The summed E-state index contributed by atoms with van der Waals surface area (Å²) in [5.41, 5.74) is 6.29. The van der Waals surface area contributed by atoms with Gasteiger partial charge in [0.2, 0.25) is 0 Å². The van der Waals surface area contributed by atoms with Crippen LogP contribution >= 0.6 is 23.2 Å². The van der Waals surface area contributed by atoms with Crippen molar-refractivity contribution in [3.63, 3.8) is 0 Å². The number of nitrogens with one attached hydrogen (secondary N) is 1. The molecule has 0 heterocycles. The van der Waals surface area contributed by atoms with Crippen molar-refractivity contribution in [1.82, 2.24) is 5.32 Å². The monoisotopic (exact) mass is 290 g/mol. The third-order valence-corrected chi connectivity index (χ3v) is 3.22. The van der Waals surface area contributed by atoms with Gasteiger partial charge in [0.1, 0.15) is 0 Å². The van der Waals surface area contributed by atoms with E-state index in [0.29, 0.717) is 12.2 Å². The van der Waals surface area contributed by atoms with E-state index in [9.17, 15) is 4.79 Å². The second kappa shape index (κ2) is 7.46. The average Bonchev–Trinajstić information content (AvgIpc) is 2.33. The van der Waals surface area contributed by atoms with Gasteiger partial charge in [-0.2, -0.15) is 0 Å². The molecule has 0 atom stereocenters. The van der Waals surface area contributed by atoms with Crippen molar-refractivity contribution in [1.29, 1.82) is 0 Å². The van der Waals surface area contributed by atoms with E-state index in [2.05, 4.69) is 5.32 Å². The van der Waals surface area contributed by atoms with Crippen molar-refractivity contribution in [3.05, 3.63) is 27.7 Å². The number of unbranched alkanes of at least 4 members (excludes halogenated alkanes) is 2. The van der Waals surface area contributed by atoms with E-state index < -0.39 is 0 Å². The number of carbonyl (C=O) groups is 1. The van der Waals surface area contributed by atoms with E-state index in [1.807, 2.05) is 0 Å². The molecule has 0 spiro atoms. The van der Waals surface area contributed by atoms with Crippen LogP contribution < -0.4 is 11.1 Å². The van der Waals surface area contributed by atoms with Crippen molar-refractivity contribution in [3.8, 4) is 0 Å². The summed E-state index contributed by atoms with van der Waals surface area (Å²) < 4.78 is 0. The Morgan fingerprint density at radius 1 is 1.28 bits per heavy atom. The molecule has 0 saturated heterocycles. The molecule has 1 rings (SSSR count). The van der Waals surface area contributed by atoms with Crippen molar-refractivity contribution in [2.75, 3.05) is 18.9 Å². The van der Waals surface area contributed by atoms with E-state index in [1.54, 1.807) is 0 Å². The van der Waals surface area contributed by atoms with Crippen LogP contribution in [-0.2, 0) is 0 Å². The topological polar surface area (TPSA) is 75.4 Å². The highest BCUT2D eigenvalue weighted by Crippen LogP contribution is 2.28. The third-order valence-electron chi connectivity index (χ3n) is 2.42. The van der Waals surface area contributed by atoms with Gasteiger partial charge in [0.25, 0.3) is 5.91 Å². The Morgan fingerprint density at radius 2 is 2.00 bits per heavy atom. The van der Waals surface area contributed by atoms with Gasteiger partial charge in [-0.25, -0.2) is 0 Å². The van der Waals surface area contributed by atoms with Crippen LogP contribution in [-0.4, -0.2) is 24.2 Å². The lowest BCUT2D eigenvalue weighted by molar-refractivity contribution is 0.0953. The highest BCUT2D eigenvalue weighted by molar-refractivity contribution is 6.44. The molecule has 1 aromatic rings. The summed E-state index contributed by atoms with van der Waals surface area (Å²) in [6, 6.07) is 3.00. The minimum absolute atomic E-state index is 0.171. The van der Waals surface area contributed by atoms with E-state index >= 15 is 0 Å². The lowest BCUT2D eigenvalue weighted by Crippen LogP contribution is -2.25. The van der Waals surface area contributed by atoms with Gasteiger partial charge in [-0.3, -0.25) is 4.79 Å². The number of amides is 1. The number of nitrogen functional groups attached to an aromatic ring is 1. The highest BCUT2D eigenvalue weighted by Gasteiger charge is 2.13. The number of halogens is 2. The Morgan fingerprint density at radius 3 is 2.67 bits per heavy atom. The first-order chi connectivity index (χ1) is 8.56.